The van der Waals surface area contributed by atoms with E-state index in [0.29, 0.717) is 11.6 Å². The molecule has 8 heteroatoms. The van der Waals surface area contributed by atoms with E-state index in [1.807, 2.05) is 41.2 Å². The summed E-state index contributed by atoms with van der Waals surface area (Å²) in [6.07, 6.45) is 6.49. The number of nitrogens with one attached hydrogen (secondary N) is 2. The van der Waals surface area contributed by atoms with Gasteiger partial charge in [0.1, 0.15) is 5.82 Å². The molecule has 3 aromatic rings. The van der Waals surface area contributed by atoms with Crippen LogP contribution in [0.5, 0.6) is 0 Å². The molecule has 29 heavy (non-hydrogen) atoms. The molecular weight excluding hydrogens is 386 g/mol. The molecule has 0 aliphatic carbocycles. The first-order valence-corrected chi connectivity index (χ1v) is 10.0. The fourth-order valence-corrected chi connectivity index (χ4v) is 3.73. The number of halogens is 1. The summed E-state index contributed by atoms with van der Waals surface area (Å²) in [7, 11) is 1.79. The maximum absolute atomic E-state index is 6.29. The van der Waals surface area contributed by atoms with Crippen LogP contribution in [0.4, 0.5) is 5.82 Å². The molecule has 0 radical (unpaired) electrons. The highest BCUT2D eigenvalue weighted by atomic mass is 35.5. The van der Waals surface area contributed by atoms with E-state index in [-0.39, 0.29) is 6.04 Å². The number of aliphatic imine (C=N–C) groups is 1. The number of aromatic nitrogens is 3. The van der Waals surface area contributed by atoms with Gasteiger partial charge in [0.15, 0.2) is 5.96 Å². The van der Waals surface area contributed by atoms with Gasteiger partial charge in [-0.1, -0.05) is 23.7 Å². The lowest BCUT2D eigenvalue weighted by Gasteiger charge is -2.20. The van der Waals surface area contributed by atoms with Gasteiger partial charge in [-0.05, 0) is 42.3 Å². The Morgan fingerprint density at radius 3 is 2.97 bits per heavy atom. The third-order valence-corrected chi connectivity index (χ3v) is 5.23. The number of nitrogens with zero attached hydrogens (tertiary/aromatic N) is 5. The van der Waals surface area contributed by atoms with Crippen LogP contribution < -0.4 is 15.5 Å². The fraction of sp³-hybridized carbons (Fsp3) is 0.286. The molecule has 7 nitrogen and oxygen atoms in total. The fourth-order valence-electron chi connectivity index (χ4n) is 3.48. The van der Waals surface area contributed by atoms with Crippen molar-refractivity contribution in [1.82, 2.24) is 25.4 Å². The summed E-state index contributed by atoms with van der Waals surface area (Å²) in [6.45, 7) is 2.43. The van der Waals surface area contributed by atoms with Crippen molar-refractivity contribution >= 4 is 23.4 Å². The Kier molecular flexibility index (Phi) is 5.95. The van der Waals surface area contributed by atoms with Gasteiger partial charge in [0, 0.05) is 51.3 Å². The molecule has 0 bridgehead atoms. The van der Waals surface area contributed by atoms with Gasteiger partial charge in [-0.3, -0.25) is 4.99 Å². The second-order valence-corrected chi connectivity index (χ2v) is 7.34. The summed E-state index contributed by atoms with van der Waals surface area (Å²) in [4.78, 5) is 11.0. The Hall–Kier alpha value is -3.06. The molecule has 0 amide bonds. The predicted octanol–water partition coefficient (Wildman–Crippen LogP) is 2.86. The van der Waals surface area contributed by atoms with Crippen LogP contribution in [0.3, 0.4) is 0 Å². The van der Waals surface area contributed by atoms with Crippen LogP contribution in [0.25, 0.3) is 5.69 Å². The second-order valence-electron chi connectivity index (χ2n) is 6.93. The lowest BCUT2D eigenvalue weighted by molar-refractivity contribution is 0.648. The van der Waals surface area contributed by atoms with Gasteiger partial charge in [0.25, 0.3) is 0 Å². The average molecular weight is 410 g/mol. The van der Waals surface area contributed by atoms with Crippen LogP contribution in [0.2, 0.25) is 5.02 Å². The molecule has 4 rings (SSSR count). The van der Waals surface area contributed by atoms with Crippen molar-refractivity contribution in [1.29, 1.82) is 0 Å². The van der Waals surface area contributed by atoms with Crippen molar-refractivity contribution in [2.24, 2.45) is 4.99 Å². The number of rotatable bonds is 5. The van der Waals surface area contributed by atoms with Crippen LogP contribution >= 0.6 is 11.6 Å². The minimum absolute atomic E-state index is 0.287. The van der Waals surface area contributed by atoms with Crippen molar-refractivity contribution in [3.63, 3.8) is 0 Å². The van der Waals surface area contributed by atoms with Crippen molar-refractivity contribution in [3.8, 4) is 5.69 Å². The van der Waals surface area contributed by atoms with Crippen molar-refractivity contribution < 1.29 is 0 Å². The number of benzene rings is 1. The van der Waals surface area contributed by atoms with Crippen LogP contribution in [-0.4, -0.2) is 46.9 Å². The normalized spacial score (nSPS) is 16.8. The van der Waals surface area contributed by atoms with Gasteiger partial charge in [-0.2, -0.15) is 5.10 Å². The van der Waals surface area contributed by atoms with Crippen LogP contribution in [0.1, 0.15) is 12.0 Å². The Labute approximate surface area is 175 Å². The first-order valence-electron chi connectivity index (χ1n) is 9.64. The summed E-state index contributed by atoms with van der Waals surface area (Å²) in [5.74, 6) is 1.63. The Morgan fingerprint density at radius 1 is 1.24 bits per heavy atom. The van der Waals surface area contributed by atoms with Crippen LogP contribution in [0.15, 0.2) is 66.0 Å². The number of pyridine rings is 1. The van der Waals surface area contributed by atoms with E-state index in [2.05, 4.69) is 42.7 Å². The third kappa shape index (κ3) is 4.68. The van der Waals surface area contributed by atoms with Crippen LogP contribution in [-0.2, 0) is 6.54 Å². The van der Waals surface area contributed by atoms with Crippen LogP contribution in [0, 0.1) is 0 Å². The lowest BCUT2D eigenvalue weighted by Crippen LogP contribution is -2.44. The van der Waals surface area contributed by atoms with Crippen molar-refractivity contribution in [2.45, 2.75) is 19.0 Å². The first kappa shape index (κ1) is 19.3. The SMILES string of the molecule is CN=C(NCc1cccc(-n2cccn2)c1)NC1CCN(c2ncccc2Cl)C1. The highest BCUT2D eigenvalue weighted by Gasteiger charge is 2.25. The third-order valence-electron chi connectivity index (χ3n) is 4.93. The number of hydrogen-bond donors (Lipinski definition) is 2. The second kappa shape index (κ2) is 8.96. The molecule has 1 atom stereocenters. The summed E-state index contributed by atoms with van der Waals surface area (Å²) in [5, 5.41) is 11.9. The molecule has 1 fully saturated rings. The van der Waals surface area contributed by atoms with Gasteiger partial charge in [-0.25, -0.2) is 9.67 Å². The molecule has 1 aromatic carbocycles. The van der Waals surface area contributed by atoms with Gasteiger partial charge in [0.05, 0.1) is 10.7 Å². The molecule has 1 saturated heterocycles. The number of guanidine groups is 1. The van der Waals surface area contributed by atoms with Gasteiger partial charge in [0.2, 0.25) is 0 Å². The molecule has 1 unspecified atom stereocenters. The summed E-state index contributed by atoms with van der Waals surface area (Å²) < 4.78 is 1.85. The van der Waals surface area contributed by atoms with Gasteiger partial charge < -0.3 is 15.5 Å². The molecule has 2 aromatic heterocycles. The molecule has 0 saturated carbocycles. The summed E-state index contributed by atoms with van der Waals surface area (Å²) in [5.41, 5.74) is 2.20. The van der Waals surface area contributed by atoms with E-state index in [0.717, 1.165) is 42.5 Å². The zero-order valence-corrected chi connectivity index (χ0v) is 17.0. The Balaban J connectivity index is 1.33. The molecule has 2 N–H and O–H groups in total. The van der Waals surface area contributed by atoms with E-state index < -0.39 is 0 Å². The molecule has 3 heterocycles. The topological polar surface area (TPSA) is 70.4 Å². The highest BCUT2D eigenvalue weighted by Crippen LogP contribution is 2.25. The zero-order chi connectivity index (χ0) is 20.1. The van der Waals surface area contributed by atoms with Gasteiger partial charge >= 0.3 is 0 Å². The minimum atomic E-state index is 0.287. The average Bonchev–Trinajstić information content (AvgIpc) is 3.44. The molecule has 0 spiro atoms. The van der Waals surface area contributed by atoms with E-state index in [1.54, 1.807) is 19.4 Å². The van der Waals surface area contributed by atoms with Crippen molar-refractivity contribution in [2.75, 3.05) is 25.0 Å². The summed E-state index contributed by atoms with van der Waals surface area (Å²) in [6, 6.07) is 14.2. The minimum Gasteiger partial charge on any atom is -0.353 e. The van der Waals surface area contributed by atoms with E-state index in [9.17, 15) is 0 Å². The van der Waals surface area contributed by atoms with Gasteiger partial charge in [-0.15, -0.1) is 0 Å². The standard InChI is InChI=1S/C21H24ClN7/c1-23-21(25-14-16-5-2-6-18(13-16)29-11-4-10-26-29)27-17-8-12-28(15-17)20-19(22)7-3-9-24-20/h2-7,9-11,13,17H,8,12,14-15H2,1H3,(H2,23,25,27). The quantitative estimate of drug-likeness (QED) is 0.501. The Bertz CT molecular complexity index is 971. The maximum atomic E-state index is 6.29. The van der Waals surface area contributed by atoms with Crippen molar-refractivity contribution in [3.05, 3.63) is 71.6 Å². The molecule has 150 valence electrons. The Morgan fingerprint density at radius 2 is 2.17 bits per heavy atom. The first-order chi connectivity index (χ1) is 14.2. The van der Waals surface area contributed by atoms with E-state index in [4.69, 9.17) is 11.6 Å². The van der Waals surface area contributed by atoms with E-state index >= 15 is 0 Å². The lowest BCUT2D eigenvalue weighted by atomic mass is 10.2. The number of hydrogen-bond acceptors (Lipinski definition) is 4. The monoisotopic (exact) mass is 409 g/mol. The number of anilines is 1. The summed E-state index contributed by atoms with van der Waals surface area (Å²) >= 11 is 6.29. The zero-order valence-electron chi connectivity index (χ0n) is 16.3. The van der Waals surface area contributed by atoms with E-state index in [1.165, 1.54) is 0 Å². The molecule has 1 aliphatic heterocycles. The highest BCUT2D eigenvalue weighted by molar-refractivity contribution is 6.32. The molecule has 1 aliphatic rings. The largest absolute Gasteiger partial charge is 0.353 e. The molecular formula is C21H24ClN7. The smallest absolute Gasteiger partial charge is 0.191 e. The predicted molar refractivity (Wildman–Crippen MR) is 117 cm³/mol. The maximum Gasteiger partial charge on any atom is 0.191 e.